The van der Waals surface area contributed by atoms with Gasteiger partial charge in [-0.15, -0.1) is 0 Å². The molecule has 0 bridgehead atoms. The highest BCUT2D eigenvalue weighted by Crippen LogP contribution is 2.29. The molecule has 1 N–H and O–H groups in total. The van der Waals surface area contributed by atoms with Crippen molar-refractivity contribution in [3.05, 3.63) is 54.0 Å². The number of hydrogen-bond acceptors (Lipinski definition) is 3. The number of aryl methyl sites for hydroxylation is 2. The lowest BCUT2D eigenvalue weighted by molar-refractivity contribution is 0.420. The highest BCUT2D eigenvalue weighted by molar-refractivity contribution is 5.95. The van der Waals surface area contributed by atoms with E-state index in [9.17, 15) is 0 Å². The summed E-state index contributed by atoms with van der Waals surface area (Å²) in [6.45, 7) is 4.12. The molecule has 20 heavy (non-hydrogen) atoms. The van der Waals surface area contributed by atoms with E-state index >= 15 is 0 Å². The molecular weight excluding hydrogens is 250 g/mol. The third kappa shape index (κ3) is 1.99. The lowest BCUT2D eigenvalue weighted by atomic mass is 10.1. The first-order valence-electron chi connectivity index (χ1n) is 6.54. The number of rotatable bonds is 3. The molecule has 0 aliphatic carbocycles. The van der Waals surface area contributed by atoms with Crippen molar-refractivity contribution in [3.8, 4) is 5.75 Å². The van der Waals surface area contributed by atoms with Crippen molar-refractivity contribution in [1.82, 2.24) is 9.66 Å². The lowest BCUT2D eigenvalue weighted by Crippen LogP contribution is -2.13. The minimum Gasteiger partial charge on any atom is -0.496 e. The van der Waals surface area contributed by atoms with Crippen molar-refractivity contribution in [2.24, 2.45) is 0 Å². The predicted molar refractivity (Wildman–Crippen MR) is 81.2 cm³/mol. The molecule has 102 valence electrons. The van der Waals surface area contributed by atoms with Crippen molar-refractivity contribution in [2.45, 2.75) is 13.8 Å². The number of methoxy groups -OCH3 is 1. The maximum absolute atomic E-state index is 5.40. The first kappa shape index (κ1) is 12.5. The summed E-state index contributed by atoms with van der Waals surface area (Å²) in [6.07, 6.45) is 1.79. The first-order valence-corrected chi connectivity index (χ1v) is 6.54. The molecule has 0 saturated heterocycles. The van der Waals surface area contributed by atoms with Gasteiger partial charge in [0.1, 0.15) is 5.75 Å². The lowest BCUT2D eigenvalue weighted by Gasteiger charge is -2.14. The quantitative estimate of drug-likeness (QED) is 0.789. The minimum absolute atomic E-state index is 0.823. The van der Waals surface area contributed by atoms with Crippen molar-refractivity contribution < 1.29 is 4.74 Å². The van der Waals surface area contributed by atoms with Crippen LogP contribution in [0.25, 0.3) is 10.8 Å². The second-order valence-corrected chi connectivity index (χ2v) is 4.78. The molecule has 0 radical (unpaired) electrons. The Bertz CT molecular complexity index is 742. The van der Waals surface area contributed by atoms with Crippen molar-refractivity contribution in [1.29, 1.82) is 0 Å². The van der Waals surface area contributed by atoms with Gasteiger partial charge in [0.15, 0.2) is 5.82 Å². The fourth-order valence-corrected chi connectivity index (χ4v) is 2.40. The summed E-state index contributed by atoms with van der Waals surface area (Å²) in [5, 5.41) is 2.09. The molecule has 4 heteroatoms. The molecule has 2 aromatic heterocycles. The average molecular weight is 267 g/mol. The van der Waals surface area contributed by atoms with Crippen LogP contribution < -0.4 is 10.2 Å². The van der Waals surface area contributed by atoms with Crippen LogP contribution in [0.3, 0.4) is 0 Å². The van der Waals surface area contributed by atoms with Crippen LogP contribution in [-0.4, -0.2) is 16.8 Å². The predicted octanol–water partition coefficient (Wildman–Crippen LogP) is 3.54. The van der Waals surface area contributed by atoms with E-state index < -0.39 is 0 Å². The maximum atomic E-state index is 5.40. The van der Waals surface area contributed by atoms with Gasteiger partial charge in [-0.2, -0.15) is 0 Å². The summed E-state index contributed by atoms with van der Waals surface area (Å²) in [7, 11) is 1.68. The largest absolute Gasteiger partial charge is 0.496 e. The van der Waals surface area contributed by atoms with Crippen molar-refractivity contribution in [2.75, 3.05) is 12.5 Å². The number of benzene rings is 1. The van der Waals surface area contributed by atoms with E-state index in [0.717, 1.165) is 33.7 Å². The molecule has 4 nitrogen and oxygen atoms in total. The van der Waals surface area contributed by atoms with Gasteiger partial charge >= 0.3 is 0 Å². The van der Waals surface area contributed by atoms with Crippen LogP contribution in [0.2, 0.25) is 0 Å². The van der Waals surface area contributed by atoms with Gasteiger partial charge in [-0.25, -0.2) is 4.98 Å². The number of hydrogen-bond donors (Lipinski definition) is 1. The van der Waals surface area contributed by atoms with E-state index in [1.807, 2.05) is 28.9 Å². The third-order valence-electron chi connectivity index (χ3n) is 3.47. The Morgan fingerprint density at radius 3 is 2.45 bits per heavy atom. The van der Waals surface area contributed by atoms with Crippen LogP contribution in [0.5, 0.6) is 5.75 Å². The molecule has 3 rings (SSSR count). The molecule has 0 spiro atoms. The average Bonchev–Trinajstić information content (AvgIpc) is 2.79. The molecule has 2 heterocycles. The Kier molecular flexibility index (Phi) is 3.06. The van der Waals surface area contributed by atoms with Crippen molar-refractivity contribution >= 4 is 16.6 Å². The molecule has 0 aliphatic rings. The van der Waals surface area contributed by atoms with E-state index in [-0.39, 0.29) is 0 Å². The van der Waals surface area contributed by atoms with Gasteiger partial charge in [0.25, 0.3) is 0 Å². The zero-order valence-corrected chi connectivity index (χ0v) is 11.8. The molecule has 0 aliphatic heterocycles. The van der Waals surface area contributed by atoms with Crippen LogP contribution >= 0.6 is 0 Å². The fourth-order valence-electron chi connectivity index (χ4n) is 2.40. The number of nitrogens with one attached hydrogen (secondary N) is 1. The summed E-state index contributed by atoms with van der Waals surface area (Å²) in [5.41, 5.74) is 5.65. The summed E-state index contributed by atoms with van der Waals surface area (Å²) in [5.74, 6) is 1.68. The molecule has 0 saturated carbocycles. The SMILES string of the molecule is COc1cccc2c(Nn3c(C)ccc3C)nccc12. The fraction of sp³-hybridized carbons (Fsp3) is 0.188. The van der Waals surface area contributed by atoms with E-state index in [1.165, 1.54) is 0 Å². The van der Waals surface area contributed by atoms with Crippen LogP contribution in [0.15, 0.2) is 42.6 Å². The van der Waals surface area contributed by atoms with Crippen molar-refractivity contribution in [3.63, 3.8) is 0 Å². The Morgan fingerprint density at radius 2 is 1.75 bits per heavy atom. The first-order chi connectivity index (χ1) is 9.70. The van der Waals surface area contributed by atoms with Crippen LogP contribution in [0.1, 0.15) is 11.4 Å². The molecule has 0 unspecified atom stereocenters. The maximum Gasteiger partial charge on any atom is 0.152 e. The normalized spacial score (nSPS) is 10.8. The highest BCUT2D eigenvalue weighted by atomic mass is 16.5. The second kappa shape index (κ2) is 4.89. The highest BCUT2D eigenvalue weighted by Gasteiger charge is 2.08. The van der Waals surface area contributed by atoms with E-state index in [1.54, 1.807) is 13.3 Å². The summed E-state index contributed by atoms with van der Waals surface area (Å²) >= 11 is 0. The number of aromatic nitrogens is 2. The smallest absolute Gasteiger partial charge is 0.152 e. The zero-order chi connectivity index (χ0) is 14.1. The van der Waals surface area contributed by atoms with Gasteiger partial charge < -0.3 is 4.74 Å². The van der Waals surface area contributed by atoms with Crippen LogP contribution in [0.4, 0.5) is 5.82 Å². The number of pyridine rings is 1. The number of ether oxygens (including phenoxy) is 1. The van der Waals surface area contributed by atoms with Gasteiger partial charge in [0.05, 0.1) is 7.11 Å². The molecule has 0 amide bonds. The standard InChI is InChI=1S/C16H17N3O/c1-11-7-8-12(2)19(11)18-16-14-5-4-6-15(20-3)13(14)9-10-17-16/h4-10H,1-3H3,(H,17,18). The summed E-state index contributed by atoms with van der Waals surface area (Å²) in [4.78, 5) is 4.45. The van der Waals surface area contributed by atoms with Crippen LogP contribution in [-0.2, 0) is 0 Å². The van der Waals surface area contributed by atoms with E-state index in [2.05, 4.69) is 36.4 Å². The Labute approximate surface area is 118 Å². The van der Waals surface area contributed by atoms with Gasteiger partial charge in [0, 0.05) is 28.4 Å². The molecule has 3 aromatic rings. The Morgan fingerprint density at radius 1 is 1.00 bits per heavy atom. The van der Waals surface area contributed by atoms with Gasteiger partial charge in [0.2, 0.25) is 0 Å². The number of anilines is 1. The summed E-state index contributed by atoms with van der Waals surface area (Å²) < 4.78 is 7.43. The van der Waals surface area contributed by atoms with Crippen LogP contribution in [0, 0.1) is 13.8 Å². The second-order valence-electron chi connectivity index (χ2n) is 4.78. The molecule has 0 atom stereocenters. The number of nitrogens with zero attached hydrogens (tertiary/aromatic N) is 2. The number of fused-ring (bicyclic) bond motifs is 1. The van der Waals surface area contributed by atoms with Gasteiger partial charge in [-0.3, -0.25) is 10.1 Å². The minimum atomic E-state index is 0.823. The molecule has 0 fully saturated rings. The zero-order valence-electron chi connectivity index (χ0n) is 11.8. The topological polar surface area (TPSA) is 39.1 Å². The molecule has 1 aromatic carbocycles. The summed E-state index contributed by atoms with van der Waals surface area (Å²) in [6, 6.07) is 12.1. The Balaban J connectivity index is 2.13. The van der Waals surface area contributed by atoms with E-state index in [0.29, 0.717) is 0 Å². The Hall–Kier alpha value is -2.49. The molecular formula is C16H17N3O. The monoisotopic (exact) mass is 267 g/mol. The van der Waals surface area contributed by atoms with Gasteiger partial charge in [-0.1, -0.05) is 12.1 Å². The van der Waals surface area contributed by atoms with E-state index in [4.69, 9.17) is 4.74 Å². The third-order valence-corrected chi connectivity index (χ3v) is 3.47. The van der Waals surface area contributed by atoms with Gasteiger partial charge in [-0.05, 0) is 38.1 Å².